The molecule has 0 unspecified atom stereocenters. The Balaban J connectivity index is 2.28. The van der Waals surface area contributed by atoms with Gasteiger partial charge in [-0.15, -0.1) is 0 Å². The van der Waals surface area contributed by atoms with Gasteiger partial charge in [0, 0.05) is 31.6 Å². The van der Waals surface area contributed by atoms with Gasteiger partial charge in [0.25, 0.3) is 5.69 Å². The molecule has 0 aromatic heterocycles. The standard InChI is InChI=1S/C12H14FN3O4/c1-20-12(17)8-2-9(13)11(10(3-8)16(18)19)15-6-7-4-14-5-7/h2-3,7,14-15H,4-6H2,1H3. The number of carbonyl (C=O) groups is 1. The van der Waals surface area contributed by atoms with Crippen molar-refractivity contribution in [3.05, 3.63) is 33.6 Å². The van der Waals surface area contributed by atoms with Gasteiger partial charge in [0.05, 0.1) is 17.6 Å². The lowest BCUT2D eigenvalue weighted by Gasteiger charge is -2.27. The van der Waals surface area contributed by atoms with E-state index in [1.54, 1.807) is 0 Å². The zero-order valence-electron chi connectivity index (χ0n) is 10.8. The molecule has 0 atom stereocenters. The molecular formula is C12H14FN3O4. The highest BCUT2D eigenvalue weighted by molar-refractivity contribution is 5.91. The fraction of sp³-hybridized carbons (Fsp3) is 0.417. The Hall–Kier alpha value is -2.22. The van der Waals surface area contributed by atoms with E-state index in [-0.39, 0.29) is 11.3 Å². The van der Waals surface area contributed by atoms with Crippen LogP contribution in [0.5, 0.6) is 0 Å². The summed E-state index contributed by atoms with van der Waals surface area (Å²) in [7, 11) is 1.13. The average Bonchev–Trinajstić information content (AvgIpc) is 2.36. The maximum Gasteiger partial charge on any atom is 0.338 e. The van der Waals surface area contributed by atoms with Crippen molar-refractivity contribution >= 4 is 17.3 Å². The number of halogens is 1. The molecule has 1 aromatic rings. The SMILES string of the molecule is COC(=O)c1cc(F)c(NCC2CNC2)c([N+](=O)[O-])c1. The van der Waals surface area contributed by atoms with Crippen molar-refractivity contribution < 1.29 is 18.8 Å². The number of benzene rings is 1. The van der Waals surface area contributed by atoms with Crippen LogP contribution < -0.4 is 10.6 Å². The largest absolute Gasteiger partial charge is 0.465 e. The minimum absolute atomic E-state index is 0.187. The molecule has 0 saturated carbocycles. The highest BCUT2D eigenvalue weighted by atomic mass is 19.1. The predicted octanol–water partition coefficient (Wildman–Crippen LogP) is 1.15. The summed E-state index contributed by atoms with van der Waals surface area (Å²) >= 11 is 0. The van der Waals surface area contributed by atoms with E-state index in [0.717, 1.165) is 32.3 Å². The molecule has 0 aliphatic carbocycles. The molecule has 0 bridgehead atoms. The number of hydrogen-bond donors (Lipinski definition) is 2. The van der Waals surface area contributed by atoms with Crippen LogP contribution in [0.4, 0.5) is 15.8 Å². The number of methoxy groups -OCH3 is 1. The molecule has 2 N–H and O–H groups in total. The lowest BCUT2D eigenvalue weighted by Crippen LogP contribution is -2.45. The van der Waals surface area contributed by atoms with Crippen LogP contribution in [0.2, 0.25) is 0 Å². The third kappa shape index (κ3) is 2.85. The van der Waals surface area contributed by atoms with Crippen LogP contribution in [0.25, 0.3) is 0 Å². The van der Waals surface area contributed by atoms with Crippen molar-refractivity contribution in [2.75, 3.05) is 32.1 Å². The molecule has 0 spiro atoms. The zero-order chi connectivity index (χ0) is 14.7. The minimum Gasteiger partial charge on any atom is -0.465 e. The highest BCUT2D eigenvalue weighted by Crippen LogP contribution is 2.29. The van der Waals surface area contributed by atoms with Crippen LogP contribution >= 0.6 is 0 Å². The Morgan fingerprint density at radius 2 is 2.30 bits per heavy atom. The summed E-state index contributed by atoms with van der Waals surface area (Å²) in [5, 5.41) is 16.8. The zero-order valence-corrected chi connectivity index (χ0v) is 10.8. The maximum absolute atomic E-state index is 13.9. The van der Waals surface area contributed by atoms with Crippen molar-refractivity contribution in [1.82, 2.24) is 5.32 Å². The number of anilines is 1. The lowest BCUT2D eigenvalue weighted by atomic mass is 10.0. The molecule has 8 heteroatoms. The normalized spacial score (nSPS) is 14.5. The van der Waals surface area contributed by atoms with E-state index in [9.17, 15) is 19.3 Å². The van der Waals surface area contributed by atoms with Crippen molar-refractivity contribution in [1.29, 1.82) is 0 Å². The summed E-state index contributed by atoms with van der Waals surface area (Å²) in [6.07, 6.45) is 0. The third-order valence-corrected chi connectivity index (χ3v) is 3.12. The molecule has 108 valence electrons. The Bertz CT molecular complexity index is 546. The second-order valence-electron chi connectivity index (χ2n) is 4.51. The van der Waals surface area contributed by atoms with Gasteiger partial charge in [-0.05, 0) is 6.07 Å². The van der Waals surface area contributed by atoms with Crippen molar-refractivity contribution in [3.63, 3.8) is 0 Å². The monoisotopic (exact) mass is 283 g/mol. The molecule has 1 aromatic carbocycles. The number of nitro benzene ring substituents is 1. The number of ether oxygens (including phenoxy) is 1. The molecule has 1 aliphatic heterocycles. The van der Waals surface area contributed by atoms with E-state index in [4.69, 9.17) is 0 Å². The highest BCUT2D eigenvalue weighted by Gasteiger charge is 2.24. The number of nitro groups is 1. The van der Waals surface area contributed by atoms with Crippen molar-refractivity contribution in [2.45, 2.75) is 0 Å². The number of hydrogen-bond acceptors (Lipinski definition) is 6. The van der Waals surface area contributed by atoms with E-state index in [1.165, 1.54) is 0 Å². The van der Waals surface area contributed by atoms with Gasteiger partial charge >= 0.3 is 5.97 Å². The molecule has 1 aliphatic rings. The topological polar surface area (TPSA) is 93.5 Å². The van der Waals surface area contributed by atoms with E-state index in [0.29, 0.717) is 12.5 Å². The van der Waals surface area contributed by atoms with E-state index in [2.05, 4.69) is 15.4 Å². The van der Waals surface area contributed by atoms with Crippen LogP contribution in [0.1, 0.15) is 10.4 Å². The Kier molecular flexibility index (Phi) is 4.14. The first-order chi connectivity index (χ1) is 9.52. The number of rotatable bonds is 5. The molecule has 7 nitrogen and oxygen atoms in total. The smallest absolute Gasteiger partial charge is 0.338 e. The van der Waals surface area contributed by atoms with Crippen LogP contribution in [0.15, 0.2) is 12.1 Å². The molecule has 20 heavy (non-hydrogen) atoms. The quantitative estimate of drug-likeness (QED) is 0.478. The number of carbonyl (C=O) groups excluding carboxylic acids is 1. The average molecular weight is 283 g/mol. The summed E-state index contributed by atoms with van der Waals surface area (Å²) in [4.78, 5) is 21.6. The van der Waals surface area contributed by atoms with E-state index >= 15 is 0 Å². The molecule has 1 saturated heterocycles. The first-order valence-corrected chi connectivity index (χ1v) is 6.03. The molecule has 0 radical (unpaired) electrons. The summed E-state index contributed by atoms with van der Waals surface area (Å²) < 4.78 is 18.4. The van der Waals surface area contributed by atoms with Gasteiger partial charge < -0.3 is 15.4 Å². The van der Waals surface area contributed by atoms with Gasteiger partial charge in [-0.1, -0.05) is 0 Å². The molecular weight excluding hydrogens is 269 g/mol. The first-order valence-electron chi connectivity index (χ1n) is 6.03. The lowest BCUT2D eigenvalue weighted by molar-refractivity contribution is -0.384. The molecule has 1 heterocycles. The van der Waals surface area contributed by atoms with Crippen LogP contribution in [0.3, 0.4) is 0 Å². The molecule has 2 rings (SSSR count). The number of nitrogens with one attached hydrogen (secondary N) is 2. The number of nitrogens with zero attached hydrogens (tertiary/aromatic N) is 1. The van der Waals surface area contributed by atoms with E-state index in [1.807, 2.05) is 0 Å². The Morgan fingerprint density at radius 1 is 1.60 bits per heavy atom. The fourth-order valence-electron chi connectivity index (χ4n) is 1.89. The summed E-state index contributed by atoms with van der Waals surface area (Å²) in [6.45, 7) is 2.02. The Morgan fingerprint density at radius 3 is 2.80 bits per heavy atom. The van der Waals surface area contributed by atoms with Crippen LogP contribution in [-0.4, -0.2) is 37.6 Å². The van der Waals surface area contributed by atoms with Gasteiger partial charge in [0.2, 0.25) is 0 Å². The second-order valence-corrected chi connectivity index (χ2v) is 4.51. The van der Waals surface area contributed by atoms with Crippen LogP contribution in [0, 0.1) is 21.8 Å². The van der Waals surface area contributed by atoms with E-state index < -0.39 is 22.4 Å². The minimum atomic E-state index is -0.841. The second kappa shape index (κ2) is 5.83. The maximum atomic E-state index is 13.9. The summed E-state index contributed by atoms with van der Waals surface area (Å²) in [5.41, 5.74) is -0.861. The van der Waals surface area contributed by atoms with Gasteiger partial charge in [-0.3, -0.25) is 10.1 Å². The predicted molar refractivity (Wildman–Crippen MR) is 69.2 cm³/mol. The van der Waals surface area contributed by atoms with Gasteiger partial charge in [-0.25, -0.2) is 9.18 Å². The molecule has 1 fully saturated rings. The Labute approximate surface area is 114 Å². The third-order valence-electron chi connectivity index (χ3n) is 3.12. The fourth-order valence-corrected chi connectivity index (χ4v) is 1.89. The van der Waals surface area contributed by atoms with Crippen molar-refractivity contribution in [2.24, 2.45) is 5.92 Å². The first kappa shape index (κ1) is 14.2. The number of esters is 1. The van der Waals surface area contributed by atoms with Crippen LogP contribution in [-0.2, 0) is 4.74 Å². The van der Waals surface area contributed by atoms with Gasteiger partial charge in [-0.2, -0.15) is 0 Å². The van der Waals surface area contributed by atoms with Gasteiger partial charge in [0.1, 0.15) is 5.69 Å². The summed E-state index contributed by atoms with van der Waals surface area (Å²) in [6, 6.07) is 1.94. The van der Waals surface area contributed by atoms with Gasteiger partial charge in [0.15, 0.2) is 5.82 Å². The summed E-state index contributed by atoms with van der Waals surface area (Å²) in [5.74, 6) is -1.34. The molecule has 0 amide bonds. The van der Waals surface area contributed by atoms with Crippen molar-refractivity contribution in [3.8, 4) is 0 Å².